The van der Waals surface area contributed by atoms with Gasteiger partial charge in [-0.05, 0) is 32.1 Å². The lowest BCUT2D eigenvalue weighted by Crippen LogP contribution is -2.45. The molecular formula is C39H43N11O7. The molecule has 0 unspecified atom stereocenters. The third kappa shape index (κ3) is 9.95. The van der Waals surface area contributed by atoms with E-state index >= 15 is 0 Å². The number of rotatable bonds is 14. The Bertz CT molecular complexity index is 2220. The largest absolute Gasteiger partial charge is 0.443 e. The predicted octanol–water partition coefficient (Wildman–Crippen LogP) is 4.65. The Labute approximate surface area is 326 Å². The first-order valence-corrected chi connectivity index (χ1v) is 18.8. The molecule has 0 spiro atoms. The zero-order valence-electron chi connectivity index (χ0n) is 31.2. The zero-order valence-corrected chi connectivity index (χ0v) is 31.2. The van der Waals surface area contributed by atoms with E-state index in [1.807, 2.05) is 60.7 Å². The minimum atomic E-state index is -0.456. The molecule has 0 saturated heterocycles. The van der Waals surface area contributed by atoms with E-state index in [9.17, 15) is 14.4 Å². The van der Waals surface area contributed by atoms with E-state index in [1.165, 1.54) is 0 Å². The van der Waals surface area contributed by atoms with Crippen LogP contribution in [-0.4, -0.2) is 81.9 Å². The van der Waals surface area contributed by atoms with E-state index in [2.05, 4.69) is 53.8 Å². The van der Waals surface area contributed by atoms with Gasteiger partial charge in [0, 0.05) is 41.9 Å². The van der Waals surface area contributed by atoms with E-state index in [-0.39, 0.29) is 60.6 Å². The van der Waals surface area contributed by atoms with Crippen LogP contribution in [0.5, 0.6) is 0 Å². The van der Waals surface area contributed by atoms with Crippen molar-refractivity contribution in [3.63, 3.8) is 0 Å². The second-order valence-electron chi connectivity index (χ2n) is 13.9. The monoisotopic (exact) mass is 777 g/mol. The fourth-order valence-corrected chi connectivity index (χ4v) is 6.28. The van der Waals surface area contributed by atoms with Gasteiger partial charge in [0.1, 0.15) is 18.0 Å². The van der Waals surface area contributed by atoms with Gasteiger partial charge in [-0.15, -0.1) is 10.2 Å². The average Bonchev–Trinajstić information content (AvgIpc) is 4.05. The predicted molar refractivity (Wildman–Crippen MR) is 202 cm³/mol. The number of hydrogen-bond acceptors (Lipinski definition) is 13. The highest BCUT2D eigenvalue weighted by atomic mass is 16.5. The second kappa shape index (κ2) is 18.3. The van der Waals surface area contributed by atoms with E-state index in [0.29, 0.717) is 29.5 Å². The molecule has 2 aliphatic carbocycles. The maximum absolute atomic E-state index is 12.5. The average molecular weight is 778 g/mol. The summed E-state index contributed by atoms with van der Waals surface area (Å²) in [6.07, 6.45) is 7.96. The number of aliphatic hydroxyl groups excluding tert-OH is 1. The number of nitrogens with zero attached hydrogens (tertiary/aromatic N) is 8. The minimum Gasteiger partial charge on any atom is -0.443 e. The van der Waals surface area contributed by atoms with Crippen LogP contribution in [0.25, 0.3) is 22.6 Å². The van der Waals surface area contributed by atoms with Crippen LogP contribution in [0.1, 0.15) is 89.9 Å². The molecular weight excluding hydrogens is 734 g/mol. The van der Waals surface area contributed by atoms with Gasteiger partial charge in [0.15, 0.2) is 22.9 Å². The van der Waals surface area contributed by atoms with Crippen molar-refractivity contribution in [3.05, 3.63) is 108 Å². The second-order valence-corrected chi connectivity index (χ2v) is 13.9. The van der Waals surface area contributed by atoms with E-state index in [4.69, 9.17) is 18.9 Å². The summed E-state index contributed by atoms with van der Waals surface area (Å²) in [5, 5.41) is 41.4. The van der Waals surface area contributed by atoms with Gasteiger partial charge in [-0.1, -0.05) is 94.7 Å². The number of carbonyl (C=O) groups excluding carboxylic acids is 3. The summed E-state index contributed by atoms with van der Waals surface area (Å²) >= 11 is 0. The number of carbonyl (C=O) groups is 3. The Morgan fingerprint density at radius 1 is 0.754 bits per heavy atom. The number of aliphatic hydroxyl groups is 1. The van der Waals surface area contributed by atoms with Crippen molar-refractivity contribution in [2.75, 3.05) is 6.54 Å². The lowest BCUT2D eigenvalue weighted by molar-refractivity contribution is 0.0870. The molecule has 2 aromatic carbocycles. The fraction of sp³-hybridized carbons (Fsp3) is 0.359. The molecule has 6 aromatic rings. The fourth-order valence-electron chi connectivity index (χ4n) is 6.28. The molecule has 3 amide bonds. The molecule has 0 aliphatic heterocycles. The van der Waals surface area contributed by atoms with Crippen LogP contribution in [0, 0.1) is 0 Å². The Kier molecular flexibility index (Phi) is 12.4. The first-order chi connectivity index (χ1) is 27.8. The Morgan fingerprint density at radius 3 is 1.72 bits per heavy atom. The SMILES string of the molecule is CCCCNC(=O)OCc1cn(C2CC(NC(=O)c3cc(-c4ccccc4)on3)C2)nn1.O=C(NC1CC(n2cc(CO)nn2)C1)c1cc(-c2ccccc2)on1. The number of nitrogens with one attached hydrogen (secondary N) is 3. The quantitative estimate of drug-likeness (QED) is 0.111. The van der Waals surface area contributed by atoms with Crippen molar-refractivity contribution >= 4 is 17.9 Å². The molecule has 4 N–H and O–H groups in total. The van der Waals surface area contributed by atoms with Crippen molar-refractivity contribution in [2.45, 2.75) is 82.8 Å². The van der Waals surface area contributed by atoms with Gasteiger partial charge in [0.05, 0.1) is 31.1 Å². The van der Waals surface area contributed by atoms with Crippen LogP contribution in [-0.2, 0) is 18.0 Å². The standard InChI is InChI=1S/C22H26N6O4.C17H17N5O3/c1-2-3-9-23-22(30)31-14-17-13-28(27-25-17)18-10-16(11-18)24-21(29)19-12-20(32-26-19)15-7-5-4-6-8-15;23-10-13-9-22(21-19-13)14-6-12(7-14)18-17(24)15-8-16(25-20-15)11-4-2-1-3-5-11/h4-8,12-13,16,18H,2-3,9-11,14H2,1H3,(H,23,30)(H,24,29);1-5,8-9,12,14,23H,6-7,10H2,(H,18,24). The molecule has 2 aliphatic rings. The van der Waals surface area contributed by atoms with Gasteiger partial charge in [-0.2, -0.15) is 0 Å². The molecule has 0 bridgehead atoms. The smallest absolute Gasteiger partial charge is 0.407 e. The van der Waals surface area contributed by atoms with Gasteiger partial charge in [-0.3, -0.25) is 9.59 Å². The van der Waals surface area contributed by atoms with Crippen molar-refractivity contribution in [1.82, 2.24) is 56.3 Å². The van der Waals surface area contributed by atoms with Crippen LogP contribution in [0.15, 0.2) is 94.2 Å². The van der Waals surface area contributed by atoms with E-state index in [1.54, 1.807) is 33.9 Å². The highest BCUT2D eigenvalue weighted by molar-refractivity contribution is 5.94. The van der Waals surface area contributed by atoms with Gasteiger partial charge in [-0.25, -0.2) is 14.2 Å². The minimum absolute atomic E-state index is 0.0256. The molecule has 18 nitrogen and oxygen atoms in total. The molecule has 57 heavy (non-hydrogen) atoms. The van der Waals surface area contributed by atoms with Crippen LogP contribution >= 0.6 is 0 Å². The van der Waals surface area contributed by atoms with Crippen LogP contribution in [0.3, 0.4) is 0 Å². The number of benzene rings is 2. The highest BCUT2D eigenvalue weighted by Crippen LogP contribution is 2.33. The van der Waals surface area contributed by atoms with Crippen molar-refractivity contribution in [3.8, 4) is 22.6 Å². The number of ether oxygens (including phenoxy) is 1. The molecule has 8 rings (SSSR count). The molecule has 296 valence electrons. The number of unbranched alkanes of at least 4 members (excludes halogenated alkanes) is 1. The third-order valence-corrected chi connectivity index (χ3v) is 9.68. The van der Waals surface area contributed by atoms with Gasteiger partial charge < -0.3 is 34.8 Å². The van der Waals surface area contributed by atoms with Gasteiger partial charge in [0.25, 0.3) is 11.8 Å². The van der Waals surface area contributed by atoms with Crippen LogP contribution < -0.4 is 16.0 Å². The summed E-state index contributed by atoms with van der Waals surface area (Å²) in [4.78, 5) is 36.3. The van der Waals surface area contributed by atoms with Crippen LogP contribution in [0.2, 0.25) is 0 Å². The van der Waals surface area contributed by atoms with Crippen LogP contribution in [0.4, 0.5) is 4.79 Å². The van der Waals surface area contributed by atoms with E-state index in [0.717, 1.165) is 49.7 Å². The van der Waals surface area contributed by atoms with Crippen molar-refractivity contribution < 1.29 is 33.3 Å². The molecule has 0 atom stereocenters. The lowest BCUT2D eigenvalue weighted by atomic mass is 9.87. The Hall–Kier alpha value is -6.69. The topological polar surface area (TPSA) is 230 Å². The molecule has 4 aromatic heterocycles. The molecule has 18 heteroatoms. The third-order valence-electron chi connectivity index (χ3n) is 9.68. The van der Waals surface area contributed by atoms with Crippen molar-refractivity contribution in [1.29, 1.82) is 0 Å². The van der Waals surface area contributed by atoms with E-state index < -0.39 is 6.09 Å². The highest BCUT2D eigenvalue weighted by Gasteiger charge is 2.34. The number of amides is 3. The molecule has 0 radical (unpaired) electrons. The summed E-state index contributed by atoms with van der Waals surface area (Å²) in [5.74, 6) is 0.611. The summed E-state index contributed by atoms with van der Waals surface area (Å²) < 4.78 is 19.2. The lowest BCUT2D eigenvalue weighted by Gasteiger charge is -2.35. The zero-order chi connectivity index (χ0) is 39.6. The maximum Gasteiger partial charge on any atom is 0.407 e. The first-order valence-electron chi connectivity index (χ1n) is 18.8. The normalized spacial score (nSPS) is 18.3. The first kappa shape index (κ1) is 38.6. The summed E-state index contributed by atoms with van der Waals surface area (Å²) in [5.41, 5.74) is 3.40. The summed E-state index contributed by atoms with van der Waals surface area (Å²) in [6, 6.07) is 22.7. The van der Waals surface area contributed by atoms with Crippen molar-refractivity contribution in [2.24, 2.45) is 0 Å². The molecule has 4 heterocycles. The maximum atomic E-state index is 12.5. The van der Waals surface area contributed by atoms with Gasteiger partial charge in [0.2, 0.25) is 0 Å². The number of hydrogen-bond donors (Lipinski definition) is 4. The number of alkyl carbamates (subject to hydrolysis) is 1. The Morgan fingerprint density at radius 2 is 1.25 bits per heavy atom. The summed E-state index contributed by atoms with van der Waals surface area (Å²) in [7, 11) is 0. The Balaban J connectivity index is 0.000000179. The molecule has 2 saturated carbocycles. The van der Waals surface area contributed by atoms with Gasteiger partial charge >= 0.3 is 6.09 Å². The number of aromatic nitrogens is 8. The summed E-state index contributed by atoms with van der Waals surface area (Å²) in [6.45, 7) is 2.60. The molecule has 2 fully saturated rings.